The van der Waals surface area contributed by atoms with Crippen molar-refractivity contribution in [2.45, 2.75) is 6.04 Å². The highest BCUT2D eigenvalue weighted by Crippen LogP contribution is 2.44. The number of Topliss-reactive ketones (excluding diaryl/α,β-unsaturated/α-hetero) is 1. The van der Waals surface area contributed by atoms with E-state index in [9.17, 15) is 19.1 Å². The van der Waals surface area contributed by atoms with Crippen LogP contribution in [0, 0.1) is 5.82 Å². The minimum atomic E-state index is -1.03. The van der Waals surface area contributed by atoms with Gasteiger partial charge in [-0.2, -0.15) is 0 Å². The number of halogens is 2. The third-order valence-corrected chi connectivity index (χ3v) is 6.19. The van der Waals surface area contributed by atoms with Crippen LogP contribution in [0.5, 0.6) is 0 Å². The first-order valence-electron chi connectivity index (χ1n) is 9.10. The van der Waals surface area contributed by atoms with E-state index in [0.29, 0.717) is 20.8 Å². The predicted octanol–water partition coefficient (Wildman–Crippen LogP) is 5.31. The Labute approximate surface area is 183 Å². The van der Waals surface area contributed by atoms with Crippen molar-refractivity contribution >= 4 is 55.7 Å². The first-order valence-corrected chi connectivity index (χ1v) is 10.3. The molecule has 1 fully saturated rings. The van der Waals surface area contributed by atoms with Crippen LogP contribution in [0.1, 0.15) is 17.4 Å². The van der Waals surface area contributed by atoms with E-state index >= 15 is 0 Å². The molecule has 0 aliphatic carbocycles. The van der Waals surface area contributed by atoms with Gasteiger partial charge in [0.1, 0.15) is 23.4 Å². The maximum Gasteiger partial charge on any atom is 0.302 e. The van der Waals surface area contributed by atoms with Crippen LogP contribution in [-0.2, 0) is 9.59 Å². The Morgan fingerprint density at radius 2 is 1.94 bits per heavy atom. The molecule has 1 aliphatic rings. The molecule has 5 rings (SSSR count). The zero-order chi connectivity index (χ0) is 21.7. The Morgan fingerprint density at radius 3 is 2.65 bits per heavy atom. The molecular formula is C22H12ClFN2O4S. The van der Waals surface area contributed by atoms with Gasteiger partial charge in [0, 0.05) is 10.6 Å². The Bertz CT molecular complexity index is 1360. The molecule has 1 unspecified atom stereocenters. The van der Waals surface area contributed by atoms with Crippen LogP contribution in [0.15, 0.2) is 70.9 Å². The number of ketones is 1. The van der Waals surface area contributed by atoms with Gasteiger partial charge in [0.15, 0.2) is 5.13 Å². The third kappa shape index (κ3) is 3.20. The summed E-state index contributed by atoms with van der Waals surface area (Å²) in [7, 11) is 0. The third-order valence-electron chi connectivity index (χ3n) is 4.92. The summed E-state index contributed by atoms with van der Waals surface area (Å²) in [6.07, 6.45) is 1.41. The second kappa shape index (κ2) is 7.33. The van der Waals surface area contributed by atoms with Crippen LogP contribution in [0.2, 0.25) is 5.02 Å². The average molecular weight is 455 g/mol. The van der Waals surface area contributed by atoms with E-state index in [1.165, 1.54) is 29.4 Å². The number of fused-ring (bicyclic) bond motifs is 1. The van der Waals surface area contributed by atoms with Gasteiger partial charge in [-0.05, 0) is 54.6 Å². The highest BCUT2D eigenvalue weighted by atomic mass is 35.5. The second-order valence-corrected chi connectivity index (χ2v) is 8.25. The monoisotopic (exact) mass is 454 g/mol. The van der Waals surface area contributed by atoms with Crippen molar-refractivity contribution in [3.05, 3.63) is 88.6 Å². The number of amides is 1. The molecule has 1 atom stereocenters. The molecule has 0 radical (unpaired) electrons. The smallest absolute Gasteiger partial charge is 0.302 e. The molecule has 154 valence electrons. The predicted molar refractivity (Wildman–Crippen MR) is 115 cm³/mol. The number of rotatable bonds is 3. The van der Waals surface area contributed by atoms with Crippen LogP contribution in [0.3, 0.4) is 0 Å². The van der Waals surface area contributed by atoms with Gasteiger partial charge < -0.3 is 9.52 Å². The summed E-state index contributed by atoms with van der Waals surface area (Å²) in [6.45, 7) is 0. The quantitative estimate of drug-likeness (QED) is 0.258. The van der Waals surface area contributed by atoms with Gasteiger partial charge >= 0.3 is 5.91 Å². The van der Waals surface area contributed by atoms with E-state index < -0.39 is 23.5 Å². The van der Waals surface area contributed by atoms with Crippen molar-refractivity contribution in [1.82, 2.24) is 4.98 Å². The molecule has 1 saturated heterocycles. The van der Waals surface area contributed by atoms with Crippen LogP contribution >= 0.6 is 22.9 Å². The molecule has 0 bridgehead atoms. The number of anilines is 1. The topological polar surface area (TPSA) is 83.6 Å². The Morgan fingerprint density at radius 1 is 1.16 bits per heavy atom. The van der Waals surface area contributed by atoms with E-state index in [4.69, 9.17) is 16.0 Å². The minimum absolute atomic E-state index is 0.132. The molecule has 2 aromatic heterocycles. The number of furan rings is 1. The van der Waals surface area contributed by atoms with Crippen LogP contribution < -0.4 is 4.90 Å². The van der Waals surface area contributed by atoms with Gasteiger partial charge in [0.2, 0.25) is 0 Å². The SMILES string of the molecule is O=C1C(=O)N(c2nc3ccc(F)cc3s2)C(c2ccco2)/C1=C(\O)c1ccc(Cl)cc1. The number of aromatic nitrogens is 1. The lowest BCUT2D eigenvalue weighted by Gasteiger charge is -2.20. The molecule has 1 N–H and O–H groups in total. The van der Waals surface area contributed by atoms with Crippen LogP contribution in [-0.4, -0.2) is 21.8 Å². The molecule has 6 nitrogen and oxygen atoms in total. The maximum absolute atomic E-state index is 13.6. The Hall–Kier alpha value is -3.49. The van der Waals surface area contributed by atoms with Crippen molar-refractivity contribution in [2.24, 2.45) is 0 Å². The molecule has 31 heavy (non-hydrogen) atoms. The van der Waals surface area contributed by atoms with Gasteiger partial charge in [-0.15, -0.1) is 0 Å². The van der Waals surface area contributed by atoms with Gasteiger partial charge in [-0.3, -0.25) is 14.5 Å². The number of carbonyl (C=O) groups is 2. The summed E-state index contributed by atoms with van der Waals surface area (Å²) in [5.41, 5.74) is 0.678. The molecule has 1 amide bonds. The lowest BCUT2D eigenvalue weighted by Crippen LogP contribution is -2.29. The number of hydrogen-bond acceptors (Lipinski definition) is 6. The second-order valence-electron chi connectivity index (χ2n) is 6.80. The maximum atomic E-state index is 13.6. The summed E-state index contributed by atoms with van der Waals surface area (Å²) < 4.78 is 19.6. The van der Waals surface area contributed by atoms with E-state index in [1.54, 1.807) is 36.4 Å². The minimum Gasteiger partial charge on any atom is -0.507 e. The van der Waals surface area contributed by atoms with E-state index in [0.717, 1.165) is 11.3 Å². The summed E-state index contributed by atoms with van der Waals surface area (Å²) in [6, 6.07) is 12.5. The standard InChI is InChI=1S/C22H12ClFN2O4S/c23-12-5-3-11(4-6-12)19(27)17-18(15-2-1-9-30-15)26(21(29)20(17)28)22-25-14-8-7-13(24)10-16(14)31-22/h1-10,18,27H/b19-17+. The fraction of sp³-hybridized carbons (Fsp3) is 0.0455. The molecule has 0 saturated carbocycles. The number of benzene rings is 2. The van der Waals surface area contributed by atoms with Crippen molar-refractivity contribution in [3.8, 4) is 0 Å². The van der Waals surface area contributed by atoms with Crippen molar-refractivity contribution in [2.75, 3.05) is 4.90 Å². The van der Waals surface area contributed by atoms with E-state index in [2.05, 4.69) is 4.98 Å². The molecule has 0 spiro atoms. The zero-order valence-electron chi connectivity index (χ0n) is 15.6. The van der Waals surface area contributed by atoms with Gasteiger partial charge in [0.25, 0.3) is 5.78 Å². The summed E-state index contributed by atoms with van der Waals surface area (Å²) in [5, 5.41) is 11.6. The summed E-state index contributed by atoms with van der Waals surface area (Å²) in [4.78, 5) is 31.6. The number of nitrogens with zero attached hydrogens (tertiary/aromatic N) is 2. The number of carbonyl (C=O) groups excluding carboxylic acids is 2. The van der Waals surface area contributed by atoms with Gasteiger partial charge in [-0.25, -0.2) is 9.37 Å². The van der Waals surface area contributed by atoms with Gasteiger partial charge in [-0.1, -0.05) is 22.9 Å². The van der Waals surface area contributed by atoms with Gasteiger partial charge in [0.05, 0.1) is 22.1 Å². The number of hydrogen-bond donors (Lipinski definition) is 1. The average Bonchev–Trinajstić information content (AvgIpc) is 3.47. The van der Waals surface area contributed by atoms with Crippen molar-refractivity contribution < 1.29 is 23.5 Å². The number of thiazole rings is 1. The van der Waals surface area contributed by atoms with Crippen molar-refractivity contribution in [3.63, 3.8) is 0 Å². The lowest BCUT2D eigenvalue weighted by atomic mass is 9.99. The largest absolute Gasteiger partial charge is 0.507 e. The number of aliphatic hydroxyl groups is 1. The van der Waals surface area contributed by atoms with Crippen LogP contribution in [0.4, 0.5) is 9.52 Å². The molecule has 4 aromatic rings. The zero-order valence-corrected chi connectivity index (χ0v) is 17.2. The van der Waals surface area contributed by atoms with Crippen molar-refractivity contribution in [1.29, 1.82) is 0 Å². The van der Waals surface area contributed by atoms with Crippen LogP contribution in [0.25, 0.3) is 16.0 Å². The molecule has 3 heterocycles. The summed E-state index contributed by atoms with van der Waals surface area (Å²) >= 11 is 6.98. The summed E-state index contributed by atoms with van der Waals surface area (Å²) in [5.74, 6) is -2.25. The molecule has 2 aromatic carbocycles. The highest BCUT2D eigenvalue weighted by molar-refractivity contribution is 7.22. The molecule has 1 aliphatic heterocycles. The highest BCUT2D eigenvalue weighted by Gasteiger charge is 2.49. The lowest BCUT2D eigenvalue weighted by molar-refractivity contribution is -0.132. The molecular weight excluding hydrogens is 443 g/mol. The number of aliphatic hydroxyl groups excluding tert-OH is 1. The van der Waals surface area contributed by atoms with E-state index in [1.807, 2.05) is 0 Å². The van der Waals surface area contributed by atoms with E-state index in [-0.39, 0.29) is 22.2 Å². The fourth-order valence-corrected chi connectivity index (χ4v) is 4.64. The fourth-order valence-electron chi connectivity index (χ4n) is 3.50. The first-order chi connectivity index (χ1) is 14.9. The first kappa shape index (κ1) is 19.5. The Kier molecular flexibility index (Phi) is 4.60. The normalized spacial score (nSPS) is 18.3. The molecule has 9 heteroatoms. The Balaban J connectivity index is 1.71.